The number of aliphatic carboxylic acids is 1. The third-order valence-corrected chi connectivity index (χ3v) is 24.8. The number of nitrogens with two attached hydrogens (primary N) is 1. The van der Waals surface area contributed by atoms with Crippen molar-refractivity contribution in [2.75, 3.05) is 13.1 Å². The van der Waals surface area contributed by atoms with E-state index in [1.165, 1.54) is 77.0 Å². The summed E-state index contributed by atoms with van der Waals surface area (Å²) < 4.78 is 23.3. The molecule has 0 radical (unpaired) electrons. The van der Waals surface area contributed by atoms with Gasteiger partial charge in [-0.2, -0.15) is 10.3 Å². The molecule has 20 atom stereocenters. The van der Waals surface area contributed by atoms with Crippen LogP contribution in [-0.4, -0.2) is 87.4 Å². The van der Waals surface area contributed by atoms with Gasteiger partial charge < -0.3 is 44.7 Å². The van der Waals surface area contributed by atoms with Crippen LogP contribution in [0.15, 0.2) is 62.9 Å². The van der Waals surface area contributed by atoms with E-state index < -0.39 is 5.97 Å². The minimum atomic E-state index is -1.08. The van der Waals surface area contributed by atoms with Crippen molar-refractivity contribution in [2.45, 2.75) is 233 Å². The zero-order valence-electron chi connectivity index (χ0n) is 51.4. The van der Waals surface area contributed by atoms with Crippen molar-refractivity contribution in [3.63, 3.8) is 0 Å². The van der Waals surface area contributed by atoms with E-state index in [1.807, 2.05) is 40.8 Å². The van der Waals surface area contributed by atoms with Crippen LogP contribution >= 0.6 is 11.9 Å². The largest absolute Gasteiger partial charge is 1.00 e. The molecular weight excluding hydrogens is 1070 g/mol. The number of carbonyl (C=O) groups is 2. The molecule has 10 fully saturated rings. The molecule has 13 rings (SSSR count). The number of likely N-dealkylation sites (tertiary alicyclic amines) is 1. The summed E-state index contributed by atoms with van der Waals surface area (Å²) in [5, 5.41) is 38.8. The third kappa shape index (κ3) is 12.1. The van der Waals surface area contributed by atoms with E-state index in [0.29, 0.717) is 59.2 Å². The number of ether oxygens (including phenoxy) is 3. The van der Waals surface area contributed by atoms with Crippen LogP contribution in [0.5, 0.6) is 0 Å². The van der Waals surface area contributed by atoms with E-state index in [1.54, 1.807) is 16.7 Å². The molecule has 1 aromatic rings. The van der Waals surface area contributed by atoms with Crippen LogP contribution in [0.4, 0.5) is 4.79 Å². The Balaban J connectivity index is 0.000000180. The maximum atomic E-state index is 13.5. The molecule has 0 aromatic heterocycles. The van der Waals surface area contributed by atoms with Gasteiger partial charge in [0, 0.05) is 30.4 Å². The molecule has 14 nitrogen and oxygen atoms in total. The molecule has 4 saturated heterocycles. The Morgan fingerprint density at radius 1 is 0.756 bits per heavy atom. The van der Waals surface area contributed by atoms with Crippen molar-refractivity contribution in [3.8, 4) is 0 Å². The predicted molar refractivity (Wildman–Crippen MR) is 313 cm³/mol. The molecule has 8 aliphatic carbocycles. The van der Waals surface area contributed by atoms with E-state index in [4.69, 9.17) is 24.1 Å². The first-order chi connectivity index (χ1) is 38.7. The van der Waals surface area contributed by atoms with Gasteiger partial charge in [0.25, 0.3) is 0 Å². The summed E-state index contributed by atoms with van der Waals surface area (Å²) in [4.78, 5) is 24.4. The number of carboxylic acids is 1. The second kappa shape index (κ2) is 26.0. The molecule has 0 unspecified atom stereocenters. The van der Waals surface area contributed by atoms with Crippen molar-refractivity contribution in [1.82, 2.24) is 10.2 Å². The minimum absolute atomic E-state index is 0. The number of rotatable bonds is 2. The van der Waals surface area contributed by atoms with Crippen LogP contribution in [0.25, 0.3) is 0 Å². The first kappa shape index (κ1) is 64.0. The van der Waals surface area contributed by atoms with Crippen LogP contribution in [0, 0.1) is 81.8 Å². The summed E-state index contributed by atoms with van der Waals surface area (Å²) in [6.07, 6.45) is 23.7. The van der Waals surface area contributed by atoms with E-state index in [9.17, 15) is 15.2 Å². The fourth-order valence-corrected chi connectivity index (χ4v) is 20.7. The Morgan fingerprint density at radius 2 is 1.24 bits per heavy atom. The number of nitrogens with one attached hydrogen (secondary N) is 1. The monoisotopic (exact) mass is 1160 g/mol. The SMILES string of the molecule is CC(=O)[O-].CC1=C2C[C@H]3[C@@H](CC[C@@H]4CC(=NO)CC[C@@]43C)[C@@H]2CC[C@@]2(C1)O[C@@H]1C[C@H](C)CN(C(=O)OCc3ccccc3)[C@H]1[C@H]2C.CC1=C2C[C@H]3[C@@H](CC[C@@H]4CC(=NO)CC[C@@]43C)[C@@H]2CC[C@@]2(C1)O[C@@H]1C[C@H](C)CN[C@H]1[C@H]2C.NOCl.[Na+]. The smallest absolute Gasteiger partial charge is 0.550 e. The molecule has 16 heteroatoms. The van der Waals surface area contributed by atoms with Crippen molar-refractivity contribution >= 4 is 35.4 Å². The van der Waals surface area contributed by atoms with Gasteiger partial charge in [-0.25, -0.2) is 4.79 Å². The van der Waals surface area contributed by atoms with Gasteiger partial charge in [0.05, 0.1) is 52.7 Å². The number of amides is 1. The molecule has 5 N–H and O–H groups in total. The van der Waals surface area contributed by atoms with Gasteiger partial charge in [-0.15, -0.1) is 0 Å². The summed E-state index contributed by atoms with van der Waals surface area (Å²) >= 11 is 4.28. The van der Waals surface area contributed by atoms with Crippen molar-refractivity contribution < 1.29 is 73.3 Å². The third-order valence-electron chi connectivity index (χ3n) is 24.8. The molecule has 2 spiro atoms. The molecular formula is C66H99ClN5NaO9. The summed E-state index contributed by atoms with van der Waals surface area (Å²) in [6, 6.07) is 10.6. The number of halogens is 1. The van der Waals surface area contributed by atoms with Gasteiger partial charge in [-0.05, 0) is 231 Å². The molecule has 4 heterocycles. The average molecular weight is 1160 g/mol. The van der Waals surface area contributed by atoms with Crippen LogP contribution in [0.1, 0.15) is 196 Å². The van der Waals surface area contributed by atoms with Crippen molar-refractivity contribution in [1.29, 1.82) is 0 Å². The Morgan fingerprint density at radius 3 is 1.76 bits per heavy atom. The minimum Gasteiger partial charge on any atom is -0.550 e. The van der Waals surface area contributed by atoms with Crippen LogP contribution < -0.4 is 45.9 Å². The molecule has 4 aliphatic heterocycles. The van der Waals surface area contributed by atoms with Crippen LogP contribution in [0.3, 0.4) is 0 Å². The van der Waals surface area contributed by atoms with E-state index in [-0.39, 0.29) is 64.9 Å². The summed E-state index contributed by atoms with van der Waals surface area (Å²) in [5.41, 5.74) is 10.5. The summed E-state index contributed by atoms with van der Waals surface area (Å²) in [6.45, 7) is 22.6. The molecule has 450 valence electrons. The molecule has 1 amide bonds. The fraction of sp³-hybridized carbons (Fsp3) is 0.788. The van der Waals surface area contributed by atoms with Crippen LogP contribution in [-0.2, 0) is 30.0 Å². The average Bonchev–Trinajstić information content (AvgIpc) is 4.19. The second-order valence-electron chi connectivity index (χ2n) is 28.9. The molecule has 12 aliphatic rings. The number of piperidine rings is 2. The number of allylic oxidation sites excluding steroid dienone is 2. The Bertz CT molecular complexity index is 2560. The number of carboxylic acid groups (broad SMARTS) is 1. The second-order valence-corrected chi connectivity index (χ2v) is 29.1. The van der Waals surface area contributed by atoms with Gasteiger partial charge in [0.2, 0.25) is 0 Å². The van der Waals surface area contributed by atoms with E-state index in [2.05, 4.69) is 93.2 Å². The molecule has 1 aromatic carbocycles. The maximum absolute atomic E-state index is 13.5. The quantitative estimate of drug-likeness (QED) is 0.0951. The fourth-order valence-electron chi connectivity index (χ4n) is 20.7. The number of oxime groups is 2. The predicted octanol–water partition coefficient (Wildman–Crippen LogP) is 9.72. The van der Waals surface area contributed by atoms with Gasteiger partial charge in [-0.1, -0.05) is 104 Å². The Hall–Kier alpha value is -2.53. The molecule has 82 heavy (non-hydrogen) atoms. The zero-order valence-corrected chi connectivity index (χ0v) is 54.2. The number of hydrogen-bond donors (Lipinski definition) is 4. The van der Waals surface area contributed by atoms with Gasteiger partial charge in [-0.3, -0.25) is 0 Å². The van der Waals surface area contributed by atoms with E-state index in [0.717, 1.165) is 124 Å². The maximum Gasteiger partial charge on any atom is 1.00 e. The van der Waals surface area contributed by atoms with E-state index >= 15 is 0 Å². The number of carbonyl (C=O) groups excluding carboxylic acids is 2. The summed E-state index contributed by atoms with van der Waals surface area (Å²) in [7, 11) is 0. The number of fused-ring (bicyclic) bond motifs is 12. The molecule has 6 saturated carbocycles. The van der Waals surface area contributed by atoms with Gasteiger partial charge in [0.15, 0.2) is 0 Å². The van der Waals surface area contributed by atoms with Crippen LogP contribution in [0.2, 0.25) is 0 Å². The first-order valence-corrected chi connectivity index (χ1v) is 32.0. The van der Waals surface area contributed by atoms with Crippen molar-refractivity contribution in [3.05, 3.63) is 58.2 Å². The van der Waals surface area contributed by atoms with Gasteiger partial charge >= 0.3 is 35.7 Å². The van der Waals surface area contributed by atoms with Crippen molar-refractivity contribution in [2.24, 2.45) is 98.1 Å². The zero-order chi connectivity index (χ0) is 57.8. The number of benzene rings is 1. The Kier molecular flexibility index (Phi) is 20.3. The van der Waals surface area contributed by atoms with Gasteiger partial charge in [0.1, 0.15) is 6.61 Å². The summed E-state index contributed by atoms with van der Waals surface area (Å²) in [5.74, 6) is 11.1. The first-order valence-electron chi connectivity index (χ1n) is 31.7. The molecule has 0 bridgehead atoms. The Labute approximate surface area is 517 Å². The number of hydrogen-bond acceptors (Lipinski definition) is 13. The topological polar surface area (TPSA) is 201 Å². The standard InChI is InChI=1S/C36H50N2O4.C28H44N2O2.C2H4O2.ClH2NO.Na/c1-22-16-32-33(38(20-22)34(39)41-21-25-8-6-5-7-9-25)24(3)36(42-32)15-13-28-29-11-10-26-17-27(37-40)12-14-35(26,4)31(29)18-30(28)23(2)19-36;1-16-11-25-26(29-15-16)18(3)28(32-25)10-8-21-22-6-5-19-12-20(30-31)7-9-27(19,4)24(22)13-23(21)17(2)14-28;1-2(3)4;1-3-2;/h5-9,22,24,26,28-29,31-33,40H,10-21H2,1-4H3;16,18-19,21-22,24-26,29,31H,5-15H2,1-4H3;1H3,(H,3,4);2H2;/q;;;;+1/p-1/t22-,24+,26+,28-,29-,31-,32+,33-,35-,36-;16-,18+,19+,21-,22-,24-,25+,26-,27-,28-;;;/m00.../s1. The normalized spacial score (nSPS) is 44.2. The number of nitrogens with zero attached hydrogens (tertiary/aromatic N) is 3.